The molecule has 0 aliphatic carbocycles. The molecule has 0 spiro atoms. The molecule has 4 aromatic rings. The molecule has 8 nitrogen and oxygen atoms in total. The summed E-state index contributed by atoms with van der Waals surface area (Å²) in [4.78, 5) is 9.32. The smallest absolute Gasteiger partial charge is 0.250 e. The molecule has 4 rings (SSSR count). The van der Waals surface area contributed by atoms with E-state index in [0.29, 0.717) is 22.4 Å². The number of aryl methyl sites for hydroxylation is 1. The number of pyridine rings is 2. The topological polar surface area (TPSA) is 117 Å². The summed E-state index contributed by atoms with van der Waals surface area (Å²) in [7, 11) is -0.970. The van der Waals surface area contributed by atoms with Crippen molar-refractivity contribution >= 4 is 10.6 Å². The Morgan fingerprint density at radius 2 is 1.70 bits per heavy atom. The van der Waals surface area contributed by atoms with E-state index in [9.17, 15) is 9.11 Å². The maximum Gasteiger partial charge on any atom is 0.250 e. The lowest BCUT2D eigenvalue weighted by Gasteiger charge is -2.36. The average molecular weight is 468 g/mol. The van der Waals surface area contributed by atoms with E-state index in [0.717, 1.165) is 28.9 Å². The van der Waals surface area contributed by atoms with Gasteiger partial charge in [0.2, 0.25) is 11.8 Å². The molecule has 174 valence electrons. The molecule has 33 heavy (non-hydrogen) atoms. The van der Waals surface area contributed by atoms with Crippen LogP contribution in [0.1, 0.15) is 26.5 Å². The van der Waals surface area contributed by atoms with E-state index in [2.05, 4.69) is 25.5 Å². The highest BCUT2D eigenvalue weighted by Crippen LogP contribution is 2.51. The summed E-state index contributed by atoms with van der Waals surface area (Å²) in [5.41, 5.74) is 4.91. The number of nitrogens with one attached hydrogen (secondary N) is 1. The molecule has 0 bridgehead atoms. The van der Waals surface area contributed by atoms with Crippen LogP contribution >= 0.6 is 10.6 Å². The highest BCUT2D eigenvalue weighted by molar-refractivity contribution is 8.24. The fourth-order valence-corrected chi connectivity index (χ4v) is 4.33. The molecule has 0 fully saturated rings. The van der Waals surface area contributed by atoms with Crippen molar-refractivity contribution in [1.82, 2.24) is 25.5 Å². The first-order valence-electron chi connectivity index (χ1n) is 10.6. The van der Waals surface area contributed by atoms with Crippen molar-refractivity contribution < 1.29 is 14.9 Å². The first kappa shape index (κ1) is 23.1. The zero-order chi connectivity index (χ0) is 23.6. The van der Waals surface area contributed by atoms with Crippen molar-refractivity contribution in [1.29, 1.82) is 0 Å². The normalized spacial score (nSPS) is 12.3. The van der Waals surface area contributed by atoms with Gasteiger partial charge in [0.15, 0.2) is 0 Å². The van der Waals surface area contributed by atoms with Gasteiger partial charge in [-0.15, -0.1) is 10.2 Å². The lowest BCUT2D eigenvalue weighted by atomic mass is 10.1. The van der Waals surface area contributed by atoms with Crippen LogP contribution in [0.25, 0.3) is 34.2 Å². The van der Waals surface area contributed by atoms with Crippen molar-refractivity contribution in [2.45, 2.75) is 37.5 Å². The fourth-order valence-electron chi connectivity index (χ4n) is 3.31. The SMILES string of the molecule is CNCc1ccc(-c2nnc(-c3cc(-c4ccc(S(O)(O)C(C)C)cn4)cnc3C)o2)cc1.[HH]. The second kappa shape index (κ2) is 9.40. The minimum absolute atomic E-state index is 0. The summed E-state index contributed by atoms with van der Waals surface area (Å²) >= 11 is 0. The van der Waals surface area contributed by atoms with E-state index in [1.807, 2.05) is 44.3 Å². The Morgan fingerprint density at radius 3 is 2.33 bits per heavy atom. The molecular weight excluding hydrogens is 438 g/mol. The Labute approximate surface area is 196 Å². The maximum atomic E-state index is 10.3. The number of benzene rings is 1. The van der Waals surface area contributed by atoms with Crippen LogP contribution in [0.15, 0.2) is 64.2 Å². The lowest BCUT2D eigenvalue weighted by molar-refractivity contribution is 0.476. The summed E-state index contributed by atoms with van der Waals surface area (Å²) in [6.45, 7) is 6.21. The highest BCUT2D eigenvalue weighted by Gasteiger charge is 2.21. The minimum atomic E-state index is -2.88. The van der Waals surface area contributed by atoms with Gasteiger partial charge in [0.25, 0.3) is 0 Å². The van der Waals surface area contributed by atoms with Crippen LogP contribution in [-0.4, -0.2) is 41.6 Å². The molecule has 0 saturated carbocycles. The van der Waals surface area contributed by atoms with Crippen LogP contribution in [0.4, 0.5) is 0 Å². The Balaban J connectivity index is 0.00000324. The van der Waals surface area contributed by atoms with Crippen molar-refractivity contribution in [3.05, 3.63) is 66.1 Å². The summed E-state index contributed by atoms with van der Waals surface area (Å²) < 4.78 is 26.7. The van der Waals surface area contributed by atoms with E-state index in [-0.39, 0.29) is 6.68 Å². The van der Waals surface area contributed by atoms with E-state index in [1.54, 1.807) is 32.2 Å². The van der Waals surface area contributed by atoms with Gasteiger partial charge in [-0.05, 0) is 63.7 Å². The summed E-state index contributed by atoms with van der Waals surface area (Å²) in [6.07, 6.45) is 3.23. The average Bonchev–Trinajstić information content (AvgIpc) is 3.30. The summed E-state index contributed by atoms with van der Waals surface area (Å²) in [5.74, 6) is 0.814. The standard InChI is InChI=1S/C24H27N5O3S.H2/c1-15(2)33(30,31)20-9-10-22(27-14-20)19-11-21(16(3)26-13-19)24-29-28-23(32-24)18-7-5-17(6-8-18)12-25-4;/h5-11,13-15,25,30-31H,12H2,1-4H3;1H. The van der Waals surface area contributed by atoms with Gasteiger partial charge in [-0.1, -0.05) is 12.1 Å². The predicted molar refractivity (Wildman–Crippen MR) is 132 cm³/mol. The third kappa shape index (κ3) is 4.81. The predicted octanol–water partition coefficient (Wildman–Crippen LogP) is 5.65. The van der Waals surface area contributed by atoms with Crippen LogP contribution in [0.5, 0.6) is 0 Å². The van der Waals surface area contributed by atoms with E-state index in [1.165, 1.54) is 11.8 Å². The maximum absolute atomic E-state index is 10.3. The van der Waals surface area contributed by atoms with Gasteiger partial charge in [0.05, 0.1) is 22.3 Å². The number of hydrogen-bond acceptors (Lipinski definition) is 8. The van der Waals surface area contributed by atoms with Gasteiger partial charge in [-0.25, -0.2) is 0 Å². The largest absolute Gasteiger partial charge is 0.416 e. The number of aromatic nitrogens is 4. The zero-order valence-corrected chi connectivity index (χ0v) is 19.8. The molecule has 3 N–H and O–H groups in total. The lowest BCUT2D eigenvalue weighted by Crippen LogP contribution is -2.10. The van der Waals surface area contributed by atoms with Crippen LogP contribution in [0.3, 0.4) is 0 Å². The molecule has 1 aromatic carbocycles. The minimum Gasteiger partial charge on any atom is -0.416 e. The van der Waals surface area contributed by atoms with Crippen LogP contribution < -0.4 is 5.32 Å². The van der Waals surface area contributed by atoms with Gasteiger partial charge in [0.1, 0.15) is 0 Å². The molecule has 0 saturated heterocycles. The van der Waals surface area contributed by atoms with Gasteiger partial charge in [0, 0.05) is 36.2 Å². The molecule has 9 heteroatoms. The summed E-state index contributed by atoms with van der Waals surface area (Å²) in [6, 6.07) is 13.3. The molecule has 3 aromatic heterocycles. The highest BCUT2D eigenvalue weighted by atomic mass is 32.3. The van der Waals surface area contributed by atoms with E-state index in [4.69, 9.17) is 4.42 Å². The molecule has 0 unspecified atom stereocenters. The van der Waals surface area contributed by atoms with Crippen molar-refractivity contribution in [3.8, 4) is 34.2 Å². The number of rotatable bonds is 7. The number of nitrogens with zero attached hydrogens (tertiary/aromatic N) is 4. The second-order valence-electron chi connectivity index (χ2n) is 8.02. The third-order valence-corrected chi connectivity index (χ3v) is 7.61. The summed E-state index contributed by atoms with van der Waals surface area (Å²) in [5, 5.41) is 11.3. The Kier molecular flexibility index (Phi) is 6.57. The van der Waals surface area contributed by atoms with E-state index >= 15 is 0 Å². The Morgan fingerprint density at radius 1 is 0.970 bits per heavy atom. The van der Waals surface area contributed by atoms with Crippen LogP contribution in [0.2, 0.25) is 0 Å². The molecule has 0 aliphatic heterocycles. The first-order chi connectivity index (χ1) is 15.8. The molecule has 0 aliphatic rings. The van der Waals surface area contributed by atoms with Gasteiger partial charge in [-0.3, -0.25) is 19.1 Å². The van der Waals surface area contributed by atoms with Crippen LogP contribution in [-0.2, 0) is 6.54 Å². The quantitative estimate of drug-likeness (QED) is 0.319. The van der Waals surface area contributed by atoms with E-state index < -0.39 is 10.6 Å². The first-order valence-corrected chi connectivity index (χ1v) is 12.2. The molecule has 0 amide bonds. The third-order valence-electron chi connectivity index (χ3n) is 5.36. The fraction of sp³-hybridized carbons (Fsp3) is 0.250. The molecule has 0 atom stereocenters. The Hall–Kier alpha value is -3.11. The molecule has 3 heterocycles. The van der Waals surface area contributed by atoms with Crippen molar-refractivity contribution in [2.75, 3.05) is 7.05 Å². The van der Waals surface area contributed by atoms with Crippen molar-refractivity contribution in [2.24, 2.45) is 0 Å². The van der Waals surface area contributed by atoms with Crippen LogP contribution in [0, 0.1) is 6.92 Å². The molecule has 0 radical (unpaired) electrons. The van der Waals surface area contributed by atoms with Gasteiger partial charge in [-0.2, -0.15) is 10.6 Å². The molecular formula is C24H29N5O3S. The van der Waals surface area contributed by atoms with Crippen molar-refractivity contribution in [3.63, 3.8) is 0 Å². The Bertz CT molecular complexity index is 1240. The second-order valence-corrected chi connectivity index (χ2v) is 10.6. The monoisotopic (exact) mass is 467 g/mol. The van der Waals surface area contributed by atoms with Gasteiger partial charge < -0.3 is 9.73 Å². The number of hydrogen-bond donors (Lipinski definition) is 3. The van der Waals surface area contributed by atoms with Gasteiger partial charge >= 0.3 is 0 Å². The zero-order valence-electron chi connectivity index (χ0n) is 19.0.